The Morgan fingerprint density at radius 1 is 1.09 bits per heavy atom. The van der Waals surface area contributed by atoms with E-state index in [4.69, 9.17) is 9.47 Å². The number of carbonyl (C=O) groups is 1. The van der Waals surface area contributed by atoms with E-state index in [-0.39, 0.29) is 17.8 Å². The van der Waals surface area contributed by atoms with Crippen LogP contribution in [0.1, 0.15) is 89.2 Å². The molecule has 0 bridgehead atoms. The Morgan fingerprint density at radius 2 is 1.88 bits per heavy atom. The molecule has 1 saturated carbocycles. The van der Waals surface area contributed by atoms with E-state index in [1.165, 1.54) is 19.3 Å². The first-order chi connectivity index (χ1) is 16.5. The topological polar surface area (TPSA) is 79.2 Å². The average Bonchev–Trinajstić information content (AvgIpc) is 3.21. The van der Waals surface area contributed by atoms with Gasteiger partial charge in [0.05, 0.1) is 24.9 Å². The highest BCUT2D eigenvalue weighted by Crippen LogP contribution is 2.29. The summed E-state index contributed by atoms with van der Waals surface area (Å²) in [6, 6.07) is 7.62. The number of rotatable bonds is 17. The van der Waals surface area contributed by atoms with Crippen LogP contribution in [0.3, 0.4) is 0 Å². The van der Waals surface area contributed by atoms with Gasteiger partial charge in [-0.15, -0.1) is 0 Å². The molecule has 192 valence electrons. The smallest absolute Gasteiger partial charge is 0.133 e. The Hall–Kier alpha value is -1.47. The largest absolute Gasteiger partial charge is 0.494 e. The molecule has 1 aromatic rings. The molecule has 6 heteroatoms. The summed E-state index contributed by atoms with van der Waals surface area (Å²) in [7, 11) is 0. The molecule has 1 aliphatic carbocycles. The molecule has 3 rings (SSSR count). The van der Waals surface area contributed by atoms with Crippen LogP contribution in [-0.4, -0.2) is 66.0 Å². The highest BCUT2D eigenvalue weighted by atomic mass is 16.5. The Kier molecular flexibility index (Phi) is 11.8. The second kappa shape index (κ2) is 14.8. The van der Waals surface area contributed by atoms with E-state index in [1.807, 2.05) is 24.3 Å². The Morgan fingerprint density at radius 3 is 2.53 bits per heavy atom. The molecular formula is C28H45NO5. The maximum Gasteiger partial charge on any atom is 0.133 e. The van der Waals surface area contributed by atoms with Gasteiger partial charge in [0.2, 0.25) is 0 Å². The van der Waals surface area contributed by atoms with Crippen molar-refractivity contribution in [3.05, 3.63) is 29.8 Å². The van der Waals surface area contributed by atoms with E-state index in [0.717, 1.165) is 63.0 Å². The molecule has 0 radical (unpaired) electrons. The van der Waals surface area contributed by atoms with Gasteiger partial charge in [0, 0.05) is 45.0 Å². The third kappa shape index (κ3) is 9.29. The van der Waals surface area contributed by atoms with E-state index >= 15 is 0 Å². The molecule has 2 aliphatic rings. The summed E-state index contributed by atoms with van der Waals surface area (Å²) in [5.41, 5.74) is 0.813. The molecule has 3 atom stereocenters. The molecular weight excluding hydrogens is 430 g/mol. The van der Waals surface area contributed by atoms with Crippen molar-refractivity contribution >= 4 is 5.78 Å². The van der Waals surface area contributed by atoms with E-state index < -0.39 is 6.10 Å². The monoisotopic (exact) mass is 475 g/mol. The molecule has 1 heterocycles. The minimum Gasteiger partial charge on any atom is -0.494 e. The van der Waals surface area contributed by atoms with Gasteiger partial charge in [-0.05, 0) is 62.6 Å². The quantitative estimate of drug-likeness (QED) is 0.319. The van der Waals surface area contributed by atoms with Crippen molar-refractivity contribution in [2.24, 2.45) is 5.92 Å². The molecule has 0 unspecified atom stereocenters. The van der Waals surface area contributed by atoms with E-state index in [2.05, 4.69) is 11.8 Å². The lowest BCUT2D eigenvalue weighted by Crippen LogP contribution is -2.32. The maximum absolute atomic E-state index is 12.8. The number of benzene rings is 1. The highest BCUT2D eigenvalue weighted by molar-refractivity contribution is 5.78. The Balaban J connectivity index is 1.47. The number of carbonyl (C=O) groups excluding carboxylic acids is 1. The van der Waals surface area contributed by atoms with Crippen LogP contribution in [0, 0.1) is 5.92 Å². The molecule has 34 heavy (non-hydrogen) atoms. The van der Waals surface area contributed by atoms with Gasteiger partial charge in [0.15, 0.2) is 0 Å². The molecule has 1 aromatic carbocycles. The van der Waals surface area contributed by atoms with Crippen molar-refractivity contribution in [1.82, 2.24) is 4.90 Å². The molecule has 2 N–H and O–H groups in total. The zero-order chi connectivity index (χ0) is 24.2. The van der Waals surface area contributed by atoms with Crippen LogP contribution < -0.4 is 4.74 Å². The lowest BCUT2D eigenvalue weighted by molar-refractivity contribution is -0.121. The molecule has 6 nitrogen and oxygen atoms in total. The first-order valence-corrected chi connectivity index (χ1v) is 13.5. The third-order valence-corrected chi connectivity index (χ3v) is 7.17. The van der Waals surface area contributed by atoms with Crippen LogP contribution in [0.5, 0.6) is 5.75 Å². The van der Waals surface area contributed by atoms with Gasteiger partial charge in [-0.2, -0.15) is 0 Å². The van der Waals surface area contributed by atoms with Gasteiger partial charge in [0.25, 0.3) is 0 Å². The van der Waals surface area contributed by atoms with Crippen molar-refractivity contribution in [1.29, 1.82) is 0 Å². The number of nitrogens with zero attached hydrogens (tertiary/aromatic N) is 1. The lowest BCUT2D eigenvalue weighted by atomic mass is 9.89. The normalized spacial score (nSPS) is 20.7. The number of ketones is 1. The number of likely N-dealkylation sites (tertiary alicyclic amines) is 1. The van der Waals surface area contributed by atoms with Crippen molar-refractivity contribution in [2.45, 2.75) is 95.9 Å². The fourth-order valence-electron chi connectivity index (χ4n) is 4.74. The van der Waals surface area contributed by atoms with E-state index in [9.17, 15) is 15.0 Å². The highest BCUT2D eigenvalue weighted by Gasteiger charge is 2.29. The van der Waals surface area contributed by atoms with Crippen molar-refractivity contribution in [3.8, 4) is 5.75 Å². The van der Waals surface area contributed by atoms with Crippen LogP contribution in [0.2, 0.25) is 0 Å². The average molecular weight is 476 g/mol. The second-order valence-corrected chi connectivity index (χ2v) is 10.2. The van der Waals surface area contributed by atoms with Crippen LogP contribution >= 0.6 is 0 Å². The van der Waals surface area contributed by atoms with Gasteiger partial charge in [0.1, 0.15) is 11.5 Å². The number of unbranched alkanes of at least 4 members (excludes halogenated alkanes) is 3. The number of aliphatic hydroxyl groups is 2. The Labute approximate surface area is 205 Å². The van der Waals surface area contributed by atoms with Crippen LogP contribution in [0.25, 0.3) is 0 Å². The minimum atomic E-state index is -0.720. The first-order valence-electron chi connectivity index (χ1n) is 13.5. The number of ether oxygens (including phenoxy) is 2. The minimum absolute atomic E-state index is 0.188. The predicted molar refractivity (Wildman–Crippen MR) is 134 cm³/mol. The molecule has 1 saturated heterocycles. The summed E-state index contributed by atoms with van der Waals surface area (Å²) >= 11 is 0. The van der Waals surface area contributed by atoms with Crippen molar-refractivity contribution in [3.63, 3.8) is 0 Å². The summed E-state index contributed by atoms with van der Waals surface area (Å²) < 4.78 is 11.5. The van der Waals surface area contributed by atoms with Crippen LogP contribution in [0.15, 0.2) is 24.3 Å². The number of hydrogen-bond acceptors (Lipinski definition) is 6. The number of Topliss-reactive ketones (excluding diaryl/α,β-unsaturated/α-hetero) is 1. The summed E-state index contributed by atoms with van der Waals surface area (Å²) in [6.07, 6.45) is 9.80. The third-order valence-electron chi connectivity index (χ3n) is 7.17. The zero-order valence-corrected chi connectivity index (χ0v) is 21.0. The van der Waals surface area contributed by atoms with Crippen LogP contribution in [-0.2, 0) is 9.53 Å². The first kappa shape index (κ1) is 27.1. The summed E-state index contributed by atoms with van der Waals surface area (Å²) in [4.78, 5) is 15.0. The van der Waals surface area contributed by atoms with E-state index in [0.29, 0.717) is 38.6 Å². The van der Waals surface area contributed by atoms with Gasteiger partial charge < -0.3 is 24.6 Å². The lowest BCUT2D eigenvalue weighted by Gasteiger charge is -2.27. The standard InChI is InChI=1S/C28H45NO5/c1-2-3-17-33-27-13-11-22(12-14-27)28(32)23(20-29-16-15-25(31)21-29)19-24(30)8-5-4-6-18-34-26-9-7-10-26/h11-14,23,25-26,28,31-32H,2-10,15-21H2,1H3/t23-,25+,28-/m1/s1. The Bertz CT molecular complexity index is 705. The second-order valence-electron chi connectivity index (χ2n) is 10.2. The zero-order valence-electron chi connectivity index (χ0n) is 21.0. The SMILES string of the molecule is CCCCOc1ccc([C@@H](O)[C@H](CC(=O)CCCCCOC2CCC2)CN2CC[C@H](O)C2)cc1. The molecule has 1 aliphatic heterocycles. The van der Waals surface area contributed by atoms with Gasteiger partial charge in [-0.3, -0.25) is 4.79 Å². The molecule has 0 amide bonds. The summed E-state index contributed by atoms with van der Waals surface area (Å²) in [5.74, 6) is 0.829. The number of β-amino-alcohol motifs (C(OH)–C–C–N with tert-alkyl or cyclic N) is 1. The maximum atomic E-state index is 12.8. The van der Waals surface area contributed by atoms with Crippen molar-refractivity contribution < 1.29 is 24.5 Å². The summed E-state index contributed by atoms with van der Waals surface area (Å²) in [6.45, 7) is 5.67. The molecule has 2 fully saturated rings. The molecule has 0 spiro atoms. The fourth-order valence-corrected chi connectivity index (χ4v) is 4.74. The van der Waals surface area contributed by atoms with Crippen molar-refractivity contribution in [2.75, 3.05) is 32.8 Å². The van der Waals surface area contributed by atoms with Gasteiger partial charge >= 0.3 is 0 Å². The van der Waals surface area contributed by atoms with Gasteiger partial charge in [-0.1, -0.05) is 31.9 Å². The molecule has 0 aromatic heterocycles. The fraction of sp³-hybridized carbons (Fsp3) is 0.750. The number of hydrogen-bond donors (Lipinski definition) is 2. The van der Waals surface area contributed by atoms with Gasteiger partial charge in [-0.25, -0.2) is 0 Å². The number of aliphatic hydroxyl groups excluding tert-OH is 2. The summed E-state index contributed by atoms with van der Waals surface area (Å²) in [5, 5.41) is 21.1. The van der Waals surface area contributed by atoms with Crippen LogP contribution in [0.4, 0.5) is 0 Å². The van der Waals surface area contributed by atoms with E-state index in [1.54, 1.807) is 0 Å². The predicted octanol–water partition coefficient (Wildman–Crippen LogP) is 4.67.